The Hall–Kier alpha value is -2.25. The molecule has 10 nitrogen and oxygen atoms in total. The molecule has 6 atom stereocenters. The molecule has 3 amide bonds. The van der Waals surface area contributed by atoms with E-state index in [-0.39, 0.29) is 81.6 Å². The Morgan fingerprint density at radius 3 is 2.47 bits per heavy atom. The number of benzene rings is 1. The molecule has 5 rings (SSSR count). The van der Waals surface area contributed by atoms with Gasteiger partial charge in [0.1, 0.15) is 17.8 Å². The molecule has 1 saturated carbocycles. The van der Waals surface area contributed by atoms with Crippen molar-refractivity contribution in [1.29, 1.82) is 0 Å². The number of amides is 3. The van der Waals surface area contributed by atoms with Crippen LogP contribution in [0.1, 0.15) is 57.1 Å². The Morgan fingerprint density at radius 1 is 1.07 bits per heavy atom. The molecular formula is C29H43Cl2F2N5O5. The number of aliphatic hydroxyl groups is 1. The monoisotopic (exact) mass is 649 g/mol. The molecule has 0 aromatic heterocycles. The fraction of sp³-hybridized carbons (Fsp3) is 0.690. The molecule has 0 spiro atoms. The minimum atomic E-state index is -2.79. The summed E-state index contributed by atoms with van der Waals surface area (Å²) in [6.45, 7) is 2.95. The smallest absolute Gasteiger partial charge is 0.248 e. The van der Waals surface area contributed by atoms with E-state index >= 15 is 0 Å². The van der Waals surface area contributed by atoms with Crippen molar-refractivity contribution < 1.29 is 33.0 Å². The second kappa shape index (κ2) is 14.7. The highest BCUT2D eigenvalue weighted by Gasteiger charge is 2.48. The Kier molecular flexibility index (Phi) is 12.0. The molecule has 0 unspecified atom stereocenters. The molecule has 1 aliphatic carbocycles. The van der Waals surface area contributed by atoms with Gasteiger partial charge in [0.15, 0.2) is 0 Å². The van der Waals surface area contributed by atoms with Crippen LogP contribution in [0.15, 0.2) is 24.3 Å². The Bertz CT molecular complexity index is 1140. The first-order chi connectivity index (χ1) is 19.6. The number of para-hydroxylation sites is 1. The number of fused-ring (bicyclic) bond motifs is 2. The Labute approximate surface area is 263 Å². The molecule has 0 bridgehead atoms. The lowest BCUT2D eigenvalue weighted by molar-refractivity contribution is -0.150. The summed E-state index contributed by atoms with van der Waals surface area (Å²) in [7, 11) is 1.63. The molecule has 14 heteroatoms. The third-order valence-electron chi connectivity index (χ3n) is 9.18. The van der Waals surface area contributed by atoms with Gasteiger partial charge in [-0.2, -0.15) is 0 Å². The van der Waals surface area contributed by atoms with Crippen LogP contribution in [0, 0.1) is 5.92 Å². The van der Waals surface area contributed by atoms with Crippen LogP contribution in [0.5, 0.6) is 5.75 Å². The average Bonchev–Trinajstić information content (AvgIpc) is 3.33. The molecule has 4 aliphatic rings. The van der Waals surface area contributed by atoms with Crippen molar-refractivity contribution in [3.8, 4) is 5.75 Å². The fourth-order valence-electron chi connectivity index (χ4n) is 6.64. The number of halogens is 4. The lowest BCUT2D eigenvalue weighted by Gasteiger charge is -2.45. The standard InChI is InChI=1S/C29H41F2N5O5.2ClH/c1-17(32-2)26(38)34-25(18-7-10-29(30,31)11-8-18)28(40)36-14-19-13-20(37)15-35(19)16-23(36)27(39)33-22-9-12-41-24-6-4-3-5-21(22)24;;/h3-6,17-20,22-23,25,32,37H,7-16H2,1-2H3,(H,33,39)(H,34,38);2*1H/t17-,19+,20+,22+,23-,25-;;/m0../s1. The minimum Gasteiger partial charge on any atom is -0.493 e. The molecule has 3 aliphatic heterocycles. The second-order valence-electron chi connectivity index (χ2n) is 11.9. The third kappa shape index (κ3) is 7.89. The number of likely N-dealkylation sites (N-methyl/N-ethyl adjacent to an activating group) is 1. The summed E-state index contributed by atoms with van der Waals surface area (Å²) in [6.07, 6.45) is -0.0393. The molecule has 3 heterocycles. The Morgan fingerprint density at radius 2 is 1.77 bits per heavy atom. The van der Waals surface area contributed by atoms with Crippen LogP contribution in [0.4, 0.5) is 8.78 Å². The molecule has 0 radical (unpaired) electrons. The molecular weight excluding hydrogens is 607 g/mol. The predicted molar refractivity (Wildman–Crippen MR) is 161 cm³/mol. The number of ether oxygens (including phenoxy) is 1. The van der Waals surface area contributed by atoms with Gasteiger partial charge in [0.25, 0.3) is 0 Å². The van der Waals surface area contributed by atoms with Gasteiger partial charge in [-0.25, -0.2) is 8.78 Å². The van der Waals surface area contributed by atoms with Gasteiger partial charge in [-0.1, -0.05) is 18.2 Å². The molecule has 3 fully saturated rings. The molecule has 1 aromatic rings. The first-order valence-electron chi connectivity index (χ1n) is 14.7. The predicted octanol–water partition coefficient (Wildman–Crippen LogP) is 2.03. The van der Waals surface area contributed by atoms with Crippen LogP contribution in [0.3, 0.4) is 0 Å². The average molecular weight is 651 g/mol. The van der Waals surface area contributed by atoms with Gasteiger partial charge in [-0.3, -0.25) is 19.3 Å². The topological polar surface area (TPSA) is 123 Å². The van der Waals surface area contributed by atoms with Crippen LogP contribution in [0.25, 0.3) is 0 Å². The molecule has 242 valence electrons. The third-order valence-corrected chi connectivity index (χ3v) is 9.18. The van der Waals surface area contributed by atoms with E-state index in [1.807, 2.05) is 29.2 Å². The van der Waals surface area contributed by atoms with Gasteiger partial charge in [0.05, 0.1) is 24.8 Å². The minimum absolute atomic E-state index is 0. The first-order valence-corrected chi connectivity index (χ1v) is 14.7. The number of aliphatic hydroxyl groups excluding tert-OH is 1. The highest BCUT2D eigenvalue weighted by molar-refractivity contribution is 5.93. The van der Waals surface area contributed by atoms with Crippen molar-refractivity contribution in [1.82, 2.24) is 25.8 Å². The summed E-state index contributed by atoms with van der Waals surface area (Å²) in [4.78, 5) is 44.7. The fourth-order valence-corrected chi connectivity index (χ4v) is 6.64. The number of rotatable bonds is 7. The van der Waals surface area contributed by atoms with Crippen LogP contribution in [0.2, 0.25) is 0 Å². The summed E-state index contributed by atoms with van der Waals surface area (Å²) >= 11 is 0. The van der Waals surface area contributed by atoms with Gasteiger partial charge < -0.3 is 30.7 Å². The van der Waals surface area contributed by atoms with Crippen molar-refractivity contribution in [3.05, 3.63) is 29.8 Å². The number of carbonyl (C=O) groups is 3. The number of alkyl halides is 2. The molecule has 4 N–H and O–H groups in total. The lowest BCUT2D eigenvalue weighted by atomic mass is 9.81. The van der Waals surface area contributed by atoms with Gasteiger partial charge in [-0.15, -0.1) is 24.8 Å². The number of piperazine rings is 1. The first kappa shape index (κ1) is 35.2. The van der Waals surface area contributed by atoms with E-state index in [2.05, 4.69) is 16.0 Å². The van der Waals surface area contributed by atoms with Gasteiger partial charge in [-0.05, 0) is 45.2 Å². The van der Waals surface area contributed by atoms with Crippen molar-refractivity contribution in [2.45, 2.75) is 87.7 Å². The van der Waals surface area contributed by atoms with E-state index in [9.17, 15) is 28.3 Å². The van der Waals surface area contributed by atoms with Crippen molar-refractivity contribution in [2.75, 3.05) is 33.3 Å². The molecule has 2 saturated heterocycles. The summed E-state index contributed by atoms with van der Waals surface area (Å²) in [5.41, 5.74) is 0.865. The van der Waals surface area contributed by atoms with Crippen LogP contribution in [-0.2, 0) is 14.4 Å². The number of nitrogens with one attached hydrogen (secondary N) is 3. The van der Waals surface area contributed by atoms with Crippen LogP contribution in [-0.4, -0.2) is 102 Å². The van der Waals surface area contributed by atoms with E-state index in [0.717, 1.165) is 5.56 Å². The highest BCUT2D eigenvalue weighted by Crippen LogP contribution is 2.39. The van der Waals surface area contributed by atoms with Crippen LogP contribution >= 0.6 is 24.8 Å². The maximum atomic E-state index is 14.3. The molecule has 1 aromatic carbocycles. The van der Waals surface area contributed by atoms with Gasteiger partial charge in [0.2, 0.25) is 23.6 Å². The second-order valence-corrected chi connectivity index (χ2v) is 11.9. The van der Waals surface area contributed by atoms with Crippen molar-refractivity contribution in [3.63, 3.8) is 0 Å². The van der Waals surface area contributed by atoms with E-state index in [1.54, 1.807) is 14.0 Å². The quantitative estimate of drug-likeness (QED) is 0.357. The number of nitrogens with zero attached hydrogens (tertiary/aromatic N) is 2. The zero-order valence-corrected chi connectivity index (χ0v) is 26.1. The maximum absolute atomic E-state index is 14.3. The van der Waals surface area contributed by atoms with E-state index in [0.29, 0.717) is 31.7 Å². The highest BCUT2D eigenvalue weighted by atomic mass is 35.5. The van der Waals surface area contributed by atoms with Crippen LogP contribution < -0.4 is 20.7 Å². The van der Waals surface area contributed by atoms with E-state index in [4.69, 9.17) is 4.74 Å². The summed E-state index contributed by atoms with van der Waals surface area (Å²) in [6, 6.07) is 4.59. The normalized spacial score (nSPS) is 28.1. The van der Waals surface area contributed by atoms with Crippen molar-refractivity contribution >= 4 is 42.5 Å². The SMILES string of the molecule is CN[C@@H](C)C(=O)N[C@H](C(=O)N1C[C@H]2C[C@@H](O)CN2C[C@H]1C(=O)N[C@@H]1CCOc2ccccc21)C1CCC(F)(F)CC1.Cl.Cl. The lowest BCUT2D eigenvalue weighted by Crippen LogP contribution is -2.66. The van der Waals surface area contributed by atoms with E-state index < -0.39 is 47.9 Å². The van der Waals surface area contributed by atoms with Crippen molar-refractivity contribution in [2.24, 2.45) is 5.92 Å². The number of carbonyl (C=O) groups excluding carboxylic acids is 3. The molecule has 43 heavy (non-hydrogen) atoms. The van der Waals surface area contributed by atoms with Gasteiger partial charge in [0, 0.05) is 50.5 Å². The Balaban J connectivity index is 0.00000253. The summed E-state index contributed by atoms with van der Waals surface area (Å²) in [5.74, 6) is -3.74. The van der Waals surface area contributed by atoms with Gasteiger partial charge >= 0.3 is 0 Å². The van der Waals surface area contributed by atoms with E-state index in [1.165, 1.54) is 4.90 Å². The zero-order valence-electron chi connectivity index (χ0n) is 24.5. The maximum Gasteiger partial charge on any atom is 0.248 e. The zero-order chi connectivity index (χ0) is 29.3. The summed E-state index contributed by atoms with van der Waals surface area (Å²) in [5, 5.41) is 19.2. The summed E-state index contributed by atoms with van der Waals surface area (Å²) < 4.78 is 33.8. The largest absolute Gasteiger partial charge is 0.493 e. The number of hydrogen-bond acceptors (Lipinski definition) is 7. The number of hydrogen-bond donors (Lipinski definition) is 4.